The van der Waals surface area contributed by atoms with Crippen LogP contribution in [0.3, 0.4) is 0 Å². The maximum Gasteiger partial charge on any atom is 0.411 e. The Hall–Kier alpha value is -3.64. The molecule has 10 nitrogen and oxygen atoms in total. The van der Waals surface area contributed by atoms with E-state index >= 15 is 0 Å². The Balaban J connectivity index is 0.000000203. The number of likely N-dealkylation sites (tertiary alicyclic amines) is 2. The Morgan fingerprint density at radius 3 is 1.34 bits per heavy atom. The van der Waals surface area contributed by atoms with Crippen molar-refractivity contribution in [2.45, 2.75) is 139 Å². The lowest BCUT2D eigenvalue weighted by atomic mass is 10.1. The molecule has 58 heavy (non-hydrogen) atoms. The van der Waals surface area contributed by atoms with E-state index in [4.69, 9.17) is 4.74 Å². The lowest BCUT2D eigenvalue weighted by Crippen LogP contribution is -2.38. The highest BCUT2D eigenvalue weighted by molar-refractivity contribution is 9.10. The van der Waals surface area contributed by atoms with E-state index in [0.717, 1.165) is 86.5 Å². The van der Waals surface area contributed by atoms with Crippen LogP contribution in [0.1, 0.15) is 133 Å². The minimum Gasteiger partial charge on any atom is -0.465 e. The average molecular weight is 927 g/mol. The molecule has 8 rings (SSSR count). The number of piperidine rings is 2. The summed E-state index contributed by atoms with van der Waals surface area (Å²) in [6.07, 6.45) is 6.47. The summed E-state index contributed by atoms with van der Waals surface area (Å²) in [6.45, 7) is 25.2. The van der Waals surface area contributed by atoms with Gasteiger partial charge in [0.2, 0.25) is 0 Å². The van der Waals surface area contributed by atoms with Gasteiger partial charge in [0.05, 0.1) is 35.9 Å². The second-order valence-electron chi connectivity index (χ2n) is 18.8. The number of benzene rings is 2. The molecule has 0 spiro atoms. The molecule has 3 N–H and O–H groups in total. The molecule has 4 aromatic rings. The molecule has 2 aromatic carbocycles. The van der Waals surface area contributed by atoms with E-state index in [2.05, 4.69) is 114 Å². The van der Waals surface area contributed by atoms with Crippen LogP contribution >= 0.6 is 31.9 Å². The minimum absolute atomic E-state index is 0.0252. The lowest BCUT2D eigenvalue weighted by Gasteiger charge is -2.29. The second kappa shape index (κ2) is 20.6. The first-order chi connectivity index (χ1) is 27.1. The quantitative estimate of drug-likeness (QED) is 0.187. The van der Waals surface area contributed by atoms with Gasteiger partial charge in [-0.15, -0.1) is 0 Å². The first-order valence-electron chi connectivity index (χ1n) is 20.8. The topological polar surface area (TPSA) is 127 Å². The molecule has 2 saturated carbocycles. The highest BCUT2D eigenvalue weighted by Crippen LogP contribution is 2.54. The number of carbonyl (C=O) groups is 2. The fourth-order valence-corrected chi connectivity index (χ4v) is 7.35. The van der Waals surface area contributed by atoms with E-state index in [9.17, 15) is 14.7 Å². The summed E-state index contributed by atoms with van der Waals surface area (Å²) in [5.74, 6) is 5.20. The largest absolute Gasteiger partial charge is 0.465 e. The smallest absolute Gasteiger partial charge is 0.411 e. The van der Waals surface area contributed by atoms with Crippen LogP contribution in [0.2, 0.25) is 0 Å². The van der Waals surface area contributed by atoms with E-state index in [1.54, 1.807) is 11.1 Å². The molecule has 12 heteroatoms. The third-order valence-electron chi connectivity index (χ3n) is 9.17. The third kappa shape index (κ3) is 14.0. The van der Waals surface area contributed by atoms with E-state index in [1.165, 1.54) is 0 Å². The normalized spacial score (nSPS) is 22.3. The summed E-state index contributed by atoms with van der Waals surface area (Å²) >= 11 is 6.87. The standard InChI is InChI=1S/C19H22BrN3O2.C15H14BrN3O2.3C4H10/c1-19(2,3)25-18(24)23-15-8-12(15)9-16(23)17-21-10-14(22-17)11-4-6-13(20)7-5-11;16-10-3-1-8(2-4-10)11-7-17-14(18-11)13-6-9-5-12(9)19(13)15(20)21;3*1-4(2)3/h4-7,10,12,15-16H,8-9H2,1-3H3,(H,21,22);1-4,7,9,12-13H,5-6H2,(H,17,18)(H,20,21);3*4H,1-3H3. The van der Waals surface area contributed by atoms with Crippen LogP contribution in [-0.2, 0) is 4.74 Å². The van der Waals surface area contributed by atoms with Crippen molar-refractivity contribution in [2.24, 2.45) is 29.6 Å². The number of aromatic amines is 2. The Bertz CT molecular complexity index is 1880. The van der Waals surface area contributed by atoms with Crippen molar-refractivity contribution in [3.8, 4) is 22.5 Å². The fourth-order valence-electron chi connectivity index (χ4n) is 6.82. The SMILES string of the molecule is CC(C)(C)OC(=O)N1C(c2ncc(-c3ccc(Br)cc3)[nH]2)CC2CC21.CC(C)C.CC(C)C.CC(C)C.O=C(O)N1C(c2ncc(-c3ccc(Br)cc3)[nH]2)CC2CC21. The van der Waals surface area contributed by atoms with E-state index in [0.29, 0.717) is 17.9 Å². The summed E-state index contributed by atoms with van der Waals surface area (Å²) < 4.78 is 7.69. The zero-order valence-electron chi connectivity index (χ0n) is 36.5. The molecule has 4 aliphatic rings. The van der Waals surface area contributed by atoms with Crippen LogP contribution < -0.4 is 0 Å². The van der Waals surface area contributed by atoms with E-state index in [-0.39, 0.29) is 24.2 Å². The Kier molecular flexibility index (Phi) is 16.7. The maximum atomic E-state index is 12.7. The van der Waals surface area contributed by atoms with Gasteiger partial charge < -0.3 is 19.8 Å². The van der Waals surface area contributed by atoms with E-state index < -0.39 is 11.7 Å². The maximum absolute atomic E-state index is 12.7. The van der Waals surface area contributed by atoms with Crippen molar-refractivity contribution >= 4 is 44.0 Å². The number of carboxylic acid groups (broad SMARTS) is 1. The van der Waals surface area contributed by atoms with Gasteiger partial charge in [-0.2, -0.15) is 0 Å². The first-order valence-corrected chi connectivity index (χ1v) is 22.4. The number of imidazole rings is 2. The zero-order chi connectivity index (χ0) is 43.1. The van der Waals surface area contributed by atoms with Crippen molar-refractivity contribution in [1.29, 1.82) is 0 Å². The zero-order valence-corrected chi connectivity index (χ0v) is 39.7. The second-order valence-corrected chi connectivity index (χ2v) is 20.6. The predicted molar refractivity (Wildman–Crippen MR) is 241 cm³/mol. The van der Waals surface area contributed by atoms with Crippen molar-refractivity contribution < 1.29 is 19.4 Å². The molecular formula is C46H66Br2N6O4. The number of amides is 2. The number of hydrogen-bond donors (Lipinski definition) is 3. The number of halogens is 2. The summed E-state index contributed by atoms with van der Waals surface area (Å²) in [5.41, 5.74) is 3.52. The van der Waals surface area contributed by atoms with Crippen LogP contribution in [0.5, 0.6) is 0 Å². The molecule has 6 unspecified atom stereocenters. The Morgan fingerprint density at radius 1 is 0.655 bits per heavy atom. The molecule has 318 valence electrons. The van der Waals surface area contributed by atoms with Gasteiger partial charge in [0.1, 0.15) is 17.2 Å². The van der Waals surface area contributed by atoms with Crippen molar-refractivity contribution in [2.75, 3.05) is 0 Å². The Morgan fingerprint density at radius 2 is 1.00 bits per heavy atom. The van der Waals surface area contributed by atoms with Gasteiger partial charge >= 0.3 is 12.2 Å². The van der Waals surface area contributed by atoms with Gasteiger partial charge in [0.25, 0.3) is 0 Å². The number of aromatic nitrogens is 4. The predicted octanol–water partition coefficient (Wildman–Crippen LogP) is 13.5. The van der Waals surface area contributed by atoms with Crippen molar-refractivity contribution in [3.05, 3.63) is 81.5 Å². The van der Waals surface area contributed by atoms with Gasteiger partial charge in [-0.05, 0) is 111 Å². The average Bonchev–Trinajstić information content (AvgIpc) is 3.70. The number of rotatable bonds is 4. The van der Waals surface area contributed by atoms with Gasteiger partial charge in [-0.25, -0.2) is 19.6 Å². The molecule has 2 aliphatic heterocycles. The summed E-state index contributed by atoms with van der Waals surface area (Å²) in [5, 5.41) is 9.38. The van der Waals surface area contributed by atoms with Gasteiger partial charge in [0.15, 0.2) is 0 Å². The van der Waals surface area contributed by atoms with Gasteiger partial charge in [-0.3, -0.25) is 9.80 Å². The van der Waals surface area contributed by atoms with Crippen LogP contribution in [0.15, 0.2) is 69.9 Å². The number of ether oxygens (including phenoxy) is 1. The van der Waals surface area contributed by atoms with E-state index in [1.807, 2.05) is 80.4 Å². The molecule has 2 saturated heterocycles. The molecule has 0 radical (unpaired) electrons. The monoisotopic (exact) mass is 924 g/mol. The van der Waals surface area contributed by atoms with Gasteiger partial charge in [0, 0.05) is 21.0 Å². The number of hydrogen-bond acceptors (Lipinski definition) is 5. The highest BCUT2D eigenvalue weighted by Gasteiger charge is 2.57. The van der Waals surface area contributed by atoms with Crippen molar-refractivity contribution in [1.82, 2.24) is 29.7 Å². The third-order valence-corrected chi connectivity index (χ3v) is 10.2. The minimum atomic E-state index is -0.841. The Labute approximate surface area is 363 Å². The summed E-state index contributed by atoms with van der Waals surface area (Å²) in [6, 6.07) is 16.4. The molecule has 2 amide bonds. The lowest BCUT2D eigenvalue weighted by molar-refractivity contribution is 0.0175. The molecule has 4 heterocycles. The summed E-state index contributed by atoms with van der Waals surface area (Å²) in [7, 11) is 0. The molecule has 6 atom stereocenters. The highest BCUT2D eigenvalue weighted by atomic mass is 79.9. The number of fused-ring (bicyclic) bond motifs is 2. The molecule has 4 fully saturated rings. The van der Waals surface area contributed by atoms with Crippen LogP contribution in [-0.4, -0.2) is 64.7 Å². The first kappa shape index (κ1) is 47.0. The molecular weight excluding hydrogens is 860 g/mol. The number of nitrogens with zero attached hydrogens (tertiary/aromatic N) is 4. The molecule has 2 aromatic heterocycles. The van der Waals surface area contributed by atoms with Crippen LogP contribution in [0, 0.1) is 29.6 Å². The van der Waals surface area contributed by atoms with Crippen LogP contribution in [0.25, 0.3) is 22.5 Å². The number of carbonyl (C=O) groups excluding carboxylic acids is 1. The van der Waals surface area contributed by atoms with Crippen LogP contribution in [0.4, 0.5) is 9.59 Å². The number of H-pyrrole nitrogens is 2. The fraction of sp³-hybridized carbons (Fsp3) is 0.565. The molecule has 0 bridgehead atoms. The molecule has 2 aliphatic carbocycles. The summed E-state index contributed by atoms with van der Waals surface area (Å²) in [4.78, 5) is 43.2. The van der Waals surface area contributed by atoms with Crippen molar-refractivity contribution in [3.63, 3.8) is 0 Å². The van der Waals surface area contributed by atoms with Gasteiger partial charge in [-0.1, -0.05) is 118 Å². The number of nitrogens with one attached hydrogen (secondary N) is 2.